The van der Waals surface area contributed by atoms with Gasteiger partial charge in [0.15, 0.2) is 0 Å². The van der Waals surface area contributed by atoms with E-state index in [0.29, 0.717) is 17.9 Å². The lowest BCUT2D eigenvalue weighted by atomic mass is 9.96. The second-order valence-corrected chi connectivity index (χ2v) is 6.25. The number of hydrogen-bond donors (Lipinski definition) is 2. The lowest BCUT2D eigenvalue weighted by Crippen LogP contribution is -1.91. The summed E-state index contributed by atoms with van der Waals surface area (Å²) in [5, 5.41) is 24.5. The lowest BCUT2D eigenvalue weighted by molar-refractivity contribution is 0.476. The van der Waals surface area contributed by atoms with Crippen LogP contribution in [0.4, 0.5) is 0 Å². The Labute approximate surface area is 140 Å². The minimum absolute atomic E-state index is 0.292. The molecule has 0 aromatic heterocycles. The molecule has 2 nitrogen and oxygen atoms in total. The van der Waals surface area contributed by atoms with E-state index in [4.69, 9.17) is 0 Å². The first-order valence-corrected chi connectivity index (χ1v) is 8.04. The number of benzene rings is 4. The molecule has 0 fully saturated rings. The first-order valence-electron chi connectivity index (χ1n) is 8.04. The maximum absolute atomic E-state index is 10.6. The molecule has 0 atom stereocenters. The summed E-state index contributed by atoms with van der Waals surface area (Å²) < 4.78 is 0. The molecular weight excluding hydrogens is 296 g/mol. The van der Waals surface area contributed by atoms with Gasteiger partial charge in [-0.3, -0.25) is 0 Å². The van der Waals surface area contributed by atoms with E-state index in [1.807, 2.05) is 61.5 Å². The van der Waals surface area contributed by atoms with Gasteiger partial charge < -0.3 is 10.2 Å². The lowest BCUT2D eigenvalue weighted by Gasteiger charge is -2.10. The van der Waals surface area contributed by atoms with Crippen molar-refractivity contribution in [3.05, 3.63) is 83.4 Å². The number of phenolic OH excluding ortho intramolecular Hbond substituents is 2. The summed E-state index contributed by atoms with van der Waals surface area (Å²) in [7, 11) is 0. The van der Waals surface area contributed by atoms with Crippen LogP contribution in [0.1, 0.15) is 16.7 Å². The molecule has 24 heavy (non-hydrogen) atoms. The highest BCUT2D eigenvalue weighted by atomic mass is 16.3. The Morgan fingerprint density at radius 2 is 1.58 bits per heavy atom. The van der Waals surface area contributed by atoms with Crippen LogP contribution in [0, 0.1) is 6.92 Å². The third-order valence-corrected chi connectivity index (χ3v) is 4.65. The van der Waals surface area contributed by atoms with Gasteiger partial charge in [-0.05, 0) is 46.5 Å². The average molecular weight is 314 g/mol. The topological polar surface area (TPSA) is 40.5 Å². The minimum atomic E-state index is 0.292. The van der Waals surface area contributed by atoms with Crippen molar-refractivity contribution in [2.75, 3.05) is 0 Å². The first kappa shape index (κ1) is 14.6. The smallest absolute Gasteiger partial charge is 0.126 e. The largest absolute Gasteiger partial charge is 0.507 e. The number of hydrogen-bond acceptors (Lipinski definition) is 2. The van der Waals surface area contributed by atoms with Crippen LogP contribution in [0.3, 0.4) is 0 Å². The van der Waals surface area contributed by atoms with Crippen LogP contribution in [0.5, 0.6) is 11.5 Å². The number of fused-ring (bicyclic) bond motifs is 2. The monoisotopic (exact) mass is 314 g/mol. The normalized spacial score (nSPS) is 11.2. The molecule has 0 radical (unpaired) electrons. The highest BCUT2D eigenvalue weighted by molar-refractivity contribution is 5.92. The van der Waals surface area contributed by atoms with E-state index in [2.05, 4.69) is 6.07 Å². The van der Waals surface area contributed by atoms with E-state index in [1.54, 1.807) is 6.07 Å². The highest BCUT2D eigenvalue weighted by Gasteiger charge is 2.09. The number of aromatic hydroxyl groups is 2. The molecule has 2 heteroatoms. The summed E-state index contributed by atoms with van der Waals surface area (Å²) in [6.07, 6.45) is 0.625. The molecule has 0 saturated carbocycles. The Kier molecular flexibility index (Phi) is 3.39. The van der Waals surface area contributed by atoms with Crippen LogP contribution in [0.2, 0.25) is 0 Å². The number of aryl methyl sites for hydroxylation is 1. The van der Waals surface area contributed by atoms with Crippen molar-refractivity contribution in [2.24, 2.45) is 0 Å². The van der Waals surface area contributed by atoms with Crippen LogP contribution in [0.15, 0.2) is 66.7 Å². The molecule has 118 valence electrons. The van der Waals surface area contributed by atoms with Gasteiger partial charge in [0, 0.05) is 17.2 Å². The zero-order valence-electron chi connectivity index (χ0n) is 13.5. The van der Waals surface area contributed by atoms with E-state index >= 15 is 0 Å². The van der Waals surface area contributed by atoms with Gasteiger partial charge in [-0.1, -0.05) is 54.6 Å². The molecule has 0 aliphatic carbocycles. The quantitative estimate of drug-likeness (QED) is 0.527. The number of rotatable bonds is 2. The Bertz CT molecular complexity index is 1060. The van der Waals surface area contributed by atoms with Crippen LogP contribution in [0.25, 0.3) is 21.5 Å². The van der Waals surface area contributed by atoms with Gasteiger partial charge in [0.2, 0.25) is 0 Å². The molecular formula is C22H18O2. The van der Waals surface area contributed by atoms with Crippen molar-refractivity contribution >= 4 is 21.5 Å². The van der Waals surface area contributed by atoms with Gasteiger partial charge in [-0.15, -0.1) is 0 Å². The van der Waals surface area contributed by atoms with Gasteiger partial charge in [0.25, 0.3) is 0 Å². The van der Waals surface area contributed by atoms with Gasteiger partial charge >= 0.3 is 0 Å². The van der Waals surface area contributed by atoms with Crippen molar-refractivity contribution < 1.29 is 10.2 Å². The van der Waals surface area contributed by atoms with E-state index in [1.165, 1.54) is 0 Å². The Morgan fingerprint density at radius 3 is 2.46 bits per heavy atom. The predicted molar refractivity (Wildman–Crippen MR) is 98.8 cm³/mol. The SMILES string of the molecule is Cc1ccc(O)c2cc(Cc3ccc4ccccc4c3O)ccc12. The van der Waals surface area contributed by atoms with Crippen molar-refractivity contribution in [1.29, 1.82) is 0 Å². The second kappa shape index (κ2) is 5.57. The molecule has 0 amide bonds. The summed E-state index contributed by atoms with van der Waals surface area (Å²) in [6, 6.07) is 21.6. The maximum Gasteiger partial charge on any atom is 0.126 e. The molecule has 0 bridgehead atoms. The summed E-state index contributed by atoms with van der Waals surface area (Å²) in [6.45, 7) is 2.04. The summed E-state index contributed by atoms with van der Waals surface area (Å²) in [4.78, 5) is 0. The fourth-order valence-corrected chi connectivity index (χ4v) is 3.30. The molecule has 0 saturated heterocycles. The fraction of sp³-hybridized carbons (Fsp3) is 0.0909. The number of phenols is 2. The van der Waals surface area contributed by atoms with Crippen LogP contribution < -0.4 is 0 Å². The van der Waals surface area contributed by atoms with E-state index in [0.717, 1.165) is 38.2 Å². The van der Waals surface area contributed by atoms with Gasteiger partial charge in [0.1, 0.15) is 11.5 Å². The van der Waals surface area contributed by atoms with Gasteiger partial charge in [-0.25, -0.2) is 0 Å². The van der Waals surface area contributed by atoms with Crippen molar-refractivity contribution in [3.8, 4) is 11.5 Å². The molecule has 0 unspecified atom stereocenters. The standard InChI is InChI=1S/C22H18O2/c1-14-6-11-21(23)20-13-15(7-10-18(14)20)12-17-9-8-16-4-2-3-5-19(16)22(17)24/h2-11,13,23-24H,12H2,1H3. The van der Waals surface area contributed by atoms with Crippen molar-refractivity contribution in [1.82, 2.24) is 0 Å². The van der Waals surface area contributed by atoms with E-state index in [9.17, 15) is 10.2 Å². The molecule has 0 spiro atoms. The van der Waals surface area contributed by atoms with Gasteiger partial charge in [-0.2, -0.15) is 0 Å². The molecule has 4 aromatic rings. The third kappa shape index (κ3) is 2.37. The fourth-order valence-electron chi connectivity index (χ4n) is 3.30. The highest BCUT2D eigenvalue weighted by Crippen LogP contribution is 2.32. The third-order valence-electron chi connectivity index (χ3n) is 4.65. The zero-order chi connectivity index (χ0) is 16.7. The second-order valence-electron chi connectivity index (χ2n) is 6.25. The summed E-state index contributed by atoms with van der Waals surface area (Å²) >= 11 is 0. The van der Waals surface area contributed by atoms with E-state index in [-0.39, 0.29) is 0 Å². The van der Waals surface area contributed by atoms with Crippen molar-refractivity contribution in [3.63, 3.8) is 0 Å². The zero-order valence-corrected chi connectivity index (χ0v) is 13.5. The molecule has 0 aliphatic rings. The average Bonchev–Trinajstić information content (AvgIpc) is 2.61. The summed E-state index contributed by atoms with van der Waals surface area (Å²) in [5.74, 6) is 0.627. The molecule has 4 aromatic carbocycles. The molecule has 2 N–H and O–H groups in total. The Morgan fingerprint density at radius 1 is 0.750 bits per heavy atom. The molecule has 0 aliphatic heterocycles. The Hall–Kier alpha value is -3.00. The first-order chi connectivity index (χ1) is 11.6. The van der Waals surface area contributed by atoms with Gasteiger partial charge in [0.05, 0.1) is 0 Å². The predicted octanol–water partition coefficient (Wildman–Crippen LogP) is 5.30. The minimum Gasteiger partial charge on any atom is -0.507 e. The van der Waals surface area contributed by atoms with Crippen molar-refractivity contribution in [2.45, 2.75) is 13.3 Å². The van der Waals surface area contributed by atoms with Crippen LogP contribution in [-0.4, -0.2) is 10.2 Å². The molecule has 0 heterocycles. The van der Waals surface area contributed by atoms with E-state index < -0.39 is 0 Å². The molecule has 4 rings (SSSR count). The van der Waals surface area contributed by atoms with Crippen LogP contribution >= 0.6 is 0 Å². The maximum atomic E-state index is 10.6. The summed E-state index contributed by atoms with van der Waals surface area (Å²) in [5.41, 5.74) is 3.09. The Balaban J connectivity index is 1.80. The van der Waals surface area contributed by atoms with Crippen LogP contribution in [-0.2, 0) is 6.42 Å².